The van der Waals surface area contributed by atoms with Gasteiger partial charge in [-0.05, 0) is 25.5 Å². The number of nitrogens with one attached hydrogen (secondary N) is 1. The van der Waals surface area contributed by atoms with Crippen LogP contribution in [0.2, 0.25) is 0 Å². The Bertz CT molecular complexity index is 566. The quantitative estimate of drug-likeness (QED) is 0.877. The molecule has 0 fully saturated rings. The van der Waals surface area contributed by atoms with Crippen LogP contribution < -0.4 is 5.32 Å². The van der Waals surface area contributed by atoms with E-state index in [2.05, 4.69) is 5.32 Å². The fourth-order valence-electron chi connectivity index (χ4n) is 1.49. The van der Waals surface area contributed by atoms with Crippen LogP contribution in [-0.2, 0) is 9.84 Å². The third-order valence-electron chi connectivity index (χ3n) is 3.05. The molecule has 1 atom stereocenters. The minimum absolute atomic E-state index is 0.178. The van der Waals surface area contributed by atoms with Crippen molar-refractivity contribution in [3.8, 4) is 0 Å². The van der Waals surface area contributed by atoms with E-state index in [0.29, 0.717) is 6.42 Å². The van der Waals surface area contributed by atoms with Crippen LogP contribution in [0, 0.1) is 0 Å². The minimum atomic E-state index is -5.44. The van der Waals surface area contributed by atoms with E-state index < -0.39 is 25.8 Å². The number of halogens is 3. The second-order valence-corrected chi connectivity index (χ2v) is 6.55. The Morgan fingerprint density at radius 1 is 1.25 bits per heavy atom. The number of hydrogen-bond acceptors (Lipinski definition) is 4. The zero-order valence-corrected chi connectivity index (χ0v) is 11.8. The molecular weight excluding hydrogens is 295 g/mol. The Morgan fingerprint density at radius 2 is 1.80 bits per heavy atom. The van der Waals surface area contributed by atoms with Gasteiger partial charge in [0.25, 0.3) is 9.84 Å². The molecule has 0 spiro atoms. The monoisotopic (exact) mass is 311 g/mol. The molecule has 0 saturated carbocycles. The molecule has 4 nitrogen and oxygen atoms in total. The molecule has 20 heavy (non-hydrogen) atoms. The summed E-state index contributed by atoms with van der Waals surface area (Å²) < 4.78 is 60.9. The maximum Gasteiger partial charge on any atom is 0.501 e. The predicted molar refractivity (Wildman–Crippen MR) is 69.1 cm³/mol. The number of para-hydroxylation sites is 1. The zero-order chi connectivity index (χ0) is 15.6. The van der Waals surface area contributed by atoms with Gasteiger partial charge in [-0.3, -0.25) is 0 Å². The van der Waals surface area contributed by atoms with Crippen LogP contribution >= 0.6 is 0 Å². The first-order valence-corrected chi connectivity index (χ1v) is 7.35. The Kier molecular flexibility index (Phi) is 4.70. The van der Waals surface area contributed by atoms with Crippen molar-refractivity contribution >= 4 is 15.5 Å². The first kappa shape index (κ1) is 16.8. The van der Waals surface area contributed by atoms with E-state index in [0.717, 1.165) is 6.07 Å². The summed E-state index contributed by atoms with van der Waals surface area (Å²) in [5.74, 6) is 0. The lowest BCUT2D eigenvalue weighted by Crippen LogP contribution is -2.38. The molecule has 2 N–H and O–H groups in total. The third-order valence-corrected chi connectivity index (χ3v) is 4.59. The molecule has 0 saturated heterocycles. The number of anilines is 1. The molecule has 0 aliphatic rings. The molecule has 0 aromatic heterocycles. The third kappa shape index (κ3) is 3.24. The number of rotatable bonds is 5. The average molecular weight is 311 g/mol. The summed E-state index contributed by atoms with van der Waals surface area (Å²) >= 11 is 0. The topological polar surface area (TPSA) is 66.4 Å². The normalized spacial score (nSPS) is 15.7. The highest BCUT2D eigenvalue weighted by molar-refractivity contribution is 7.92. The summed E-state index contributed by atoms with van der Waals surface area (Å²) in [7, 11) is -5.44. The average Bonchev–Trinajstić information content (AvgIpc) is 2.37. The molecule has 0 amide bonds. The summed E-state index contributed by atoms with van der Waals surface area (Å²) in [5, 5.41) is 11.9. The van der Waals surface area contributed by atoms with Crippen molar-refractivity contribution in [1.82, 2.24) is 0 Å². The molecule has 114 valence electrons. The van der Waals surface area contributed by atoms with E-state index in [1.165, 1.54) is 18.2 Å². The van der Waals surface area contributed by atoms with Gasteiger partial charge < -0.3 is 10.4 Å². The van der Waals surface area contributed by atoms with E-state index >= 15 is 0 Å². The highest BCUT2D eigenvalue weighted by Crippen LogP contribution is 2.35. The standard InChI is InChI=1S/C12H16F3NO3S/c1-3-11(2,8-17)16-9-6-4-5-7-10(9)20(18,19)12(13,14)15/h4-7,16-17H,3,8H2,1-2H3. The lowest BCUT2D eigenvalue weighted by atomic mass is 10.00. The minimum Gasteiger partial charge on any atom is -0.394 e. The Balaban J connectivity index is 3.33. The van der Waals surface area contributed by atoms with Crippen LogP contribution in [-0.4, -0.2) is 31.2 Å². The molecule has 8 heteroatoms. The van der Waals surface area contributed by atoms with Gasteiger partial charge in [-0.2, -0.15) is 13.2 Å². The number of hydrogen-bond donors (Lipinski definition) is 2. The Hall–Kier alpha value is -1.28. The zero-order valence-electron chi connectivity index (χ0n) is 11.0. The fourth-order valence-corrected chi connectivity index (χ4v) is 2.41. The molecule has 0 bridgehead atoms. The molecule has 0 aliphatic heterocycles. The molecule has 0 heterocycles. The van der Waals surface area contributed by atoms with Gasteiger partial charge >= 0.3 is 5.51 Å². The second-order valence-electron chi connectivity index (χ2n) is 4.64. The predicted octanol–water partition coefficient (Wildman–Crippen LogP) is 2.55. The van der Waals surface area contributed by atoms with Crippen LogP contribution in [0.3, 0.4) is 0 Å². The van der Waals surface area contributed by atoms with Crippen molar-refractivity contribution in [1.29, 1.82) is 0 Å². The van der Waals surface area contributed by atoms with Crippen LogP contribution in [0.1, 0.15) is 20.3 Å². The van der Waals surface area contributed by atoms with Gasteiger partial charge in [-0.1, -0.05) is 19.1 Å². The van der Waals surface area contributed by atoms with E-state index in [1.807, 2.05) is 0 Å². The highest BCUT2D eigenvalue weighted by Gasteiger charge is 2.48. The van der Waals surface area contributed by atoms with Gasteiger partial charge in [0, 0.05) is 0 Å². The van der Waals surface area contributed by atoms with Crippen molar-refractivity contribution < 1.29 is 26.7 Å². The molecule has 1 aromatic carbocycles. The lowest BCUT2D eigenvalue weighted by molar-refractivity contribution is -0.0435. The van der Waals surface area contributed by atoms with Crippen molar-refractivity contribution in [2.45, 2.75) is 36.2 Å². The molecule has 0 aliphatic carbocycles. The van der Waals surface area contributed by atoms with Crippen LogP contribution in [0.15, 0.2) is 29.2 Å². The van der Waals surface area contributed by atoms with E-state index in [1.54, 1.807) is 13.8 Å². The largest absolute Gasteiger partial charge is 0.501 e. The van der Waals surface area contributed by atoms with E-state index in [-0.39, 0.29) is 12.3 Å². The molecular formula is C12H16F3NO3S. The number of aliphatic hydroxyl groups is 1. The maximum absolute atomic E-state index is 12.6. The highest BCUT2D eigenvalue weighted by atomic mass is 32.2. The van der Waals surface area contributed by atoms with Crippen LogP contribution in [0.4, 0.5) is 18.9 Å². The van der Waals surface area contributed by atoms with Crippen molar-refractivity contribution in [2.75, 3.05) is 11.9 Å². The van der Waals surface area contributed by atoms with Crippen LogP contribution in [0.25, 0.3) is 0 Å². The summed E-state index contributed by atoms with van der Waals surface area (Å²) in [6.07, 6.45) is 0.407. The summed E-state index contributed by atoms with van der Waals surface area (Å²) in [6.45, 7) is 2.97. The van der Waals surface area contributed by atoms with Gasteiger partial charge in [-0.15, -0.1) is 0 Å². The number of sulfone groups is 1. The summed E-state index contributed by atoms with van der Waals surface area (Å²) in [6, 6.07) is 4.76. The first-order valence-electron chi connectivity index (χ1n) is 5.87. The molecule has 1 unspecified atom stereocenters. The van der Waals surface area contributed by atoms with Gasteiger partial charge in [0.2, 0.25) is 0 Å². The molecule has 1 aromatic rings. The van der Waals surface area contributed by atoms with Crippen molar-refractivity contribution in [3.63, 3.8) is 0 Å². The number of benzene rings is 1. The Labute approximate surface area is 115 Å². The fraction of sp³-hybridized carbons (Fsp3) is 0.500. The lowest BCUT2D eigenvalue weighted by Gasteiger charge is -2.29. The van der Waals surface area contributed by atoms with Crippen molar-refractivity contribution in [3.05, 3.63) is 24.3 Å². The number of alkyl halides is 3. The van der Waals surface area contributed by atoms with E-state index in [4.69, 9.17) is 0 Å². The van der Waals surface area contributed by atoms with Crippen LogP contribution in [0.5, 0.6) is 0 Å². The maximum atomic E-state index is 12.6. The number of aliphatic hydroxyl groups excluding tert-OH is 1. The van der Waals surface area contributed by atoms with Gasteiger partial charge in [0.1, 0.15) is 0 Å². The molecule has 0 radical (unpaired) electrons. The first-order chi connectivity index (χ1) is 9.07. The molecule has 1 rings (SSSR count). The van der Waals surface area contributed by atoms with Gasteiger partial charge in [0.15, 0.2) is 0 Å². The van der Waals surface area contributed by atoms with E-state index in [9.17, 15) is 26.7 Å². The SMILES string of the molecule is CCC(C)(CO)Nc1ccccc1S(=O)(=O)C(F)(F)F. The van der Waals surface area contributed by atoms with Gasteiger partial charge in [-0.25, -0.2) is 8.42 Å². The van der Waals surface area contributed by atoms with Gasteiger partial charge in [0.05, 0.1) is 22.7 Å². The summed E-state index contributed by atoms with van der Waals surface area (Å²) in [5.41, 5.74) is -6.45. The smallest absolute Gasteiger partial charge is 0.394 e. The second kappa shape index (κ2) is 5.61. The Morgan fingerprint density at radius 3 is 2.25 bits per heavy atom. The van der Waals surface area contributed by atoms with Crippen molar-refractivity contribution in [2.24, 2.45) is 0 Å². The summed E-state index contributed by atoms with van der Waals surface area (Å²) in [4.78, 5) is -0.847.